The Hall–Kier alpha value is -3.08. The second kappa shape index (κ2) is 10.4. The van der Waals surface area contributed by atoms with Gasteiger partial charge in [0.1, 0.15) is 24.0 Å². The molecular formula is C27H35BFN3O5. The van der Waals surface area contributed by atoms with E-state index in [9.17, 15) is 19.2 Å². The summed E-state index contributed by atoms with van der Waals surface area (Å²) in [5, 5.41) is 12.2. The van der Waals surface area contributed by atoms with E-state index in [0.29, 0.717) is 11.9 Å². The third kappa shape index (κ3) is 6.82. The number of hydrogen-bond donors (Lipinski definition) is 1. The van der Waals surface area contributed by atoms with Gasteiger partial charge in [-0.2, -0.15) is 5.26 Å². The third-order valence-corrected chi connectivity index (χ3v) is 6.83. The number of nitrogens with one attached hydrogen (secondary N) is 1. The first-order valence-electron chi connectivity index (χ1n) is 12.4. The molecule has 1 aromatic rings. The van der Waals surface area contributed by atoms with Crippen LogP contribution in [0.25, 0.3) is 0 Å². The molecule has 37 heavy (non-hydrogen) atoms. The highest BCUT2D eigenvalue weighted by atomic mass is 19.1. The highest BCUT2D eigenvalue weighted by molar-refractivity contribution is 6.62. The van der Waals surface area contributed by atoms with Gasteiger partial charge in [-0.3, -0.25) is 9.69 Å². The standard InChI is InChI=1S/C27H35BFN3O5/c1-9-17-13-22(17)32(24(34)35-25(2,3)4)16-23(33)31-20(15-30)12-18-10-11-19(14-21(18)29)28-36-26(5,6)27(7,8)37-28/h1,10-11,14,17,20,22H,12-13,16H2,2-8H3,(H,31,33)/t17?,20-,22?/m0/s1. The molecule has 2 aliphatic rings. The highest BCUT2D eigenvalue weighted by Gasteiger charge is 2.51. The summed E-state index contributed by atoms with van der Waals surface area (Å²) in [6.07, 6.45) is 5.35. The van der Waals surface area contributed by atoms with Crippen molar-refractivity contribution in [3.8, 4) is 18.4 Å². The van der Waals surface area contributed by atoms with Crippen LogP contribution in [0.5, 0.6) is 0 Å². The molecule has 2 amide bonds. The maximum atomic E-state index is 15.0. The summed E-state index contributed by atoms with van der Waals surface area (Å²) in [5.74, 6) is 1.35. The van der Waals surface area contributed by atoms with E-state index in [4.69, 9.17) is 20.5 Å². The molecule has 1 N–H and O–H groups in total. The van der Waals surface area contributed by atoms with E-state index >= 15 is 0 Å². The predicted molar refractivity (Wildman–Crippen MR) is 137 cm³/mol. The Balaban J connectivity index is 1.64. The Labute approximate surface area is 219 Å². The normalized spacial score (nSPS) is 22.4. The van der Waals surface area contributed by atoms with Crippen molar-refractivity contribution in [2.24, 2.45) is 5.92 Å². The van der Waals surface area contributed by atoms with Crippen LogP contribution >= 0.6 is 0 Å². The fourth-order valence-corrected chi connectivity index (χ4v) is 3.94. The van der Waals surface area contributed by atoms with Crippen LogP contribution in [0.2, 0.25) is 0 Å². The molecule has 3 rings (SSSR count). The van der Waals surface area contributed by atoms with E-state index in [1.807, 2.05) is 33.8 Å². The fraction of sp³-hybridized carbons (Fsp3) is 0.593. The van der Waals surface area contributed by atoms with Crippen LogP contribution in [0.4, 0.5) is 9.18 Å². The minimum absolute atomic E-state index is 0.0550. The zero-order valence-corrected chi connectivity index (χ0v) is 22.6. The molecule has 1 aliphatic heterocycles. The summed E-state index contributed by atoms with van der Waals surface area (Å²) in [4.78, 5) is 26.7. The van der Waals surface area contributed by atoms with Crippen molar-refractivity contribution in [2.45, 2.75) is 90.2 Å². The van der Waals surface area contributed by atoms with Gasteiger partial charge in [-0.25, -0.2) is 9.18 Å². The van der Waals surface area contributed by atoms with E-state index in [1.54, 1.807) is 32.9 Å². The topological polar surface area (TPSA) is 101 Å². The molecule has 3 atom stereocenters. The Bertz CT molecular complexity index is 1120. The van der Waals surface area contributed by atoms with E-state index in [-0.39, 0.29) is 30.5 Å². The van der Waals surface area contributed by atoms with Crippen LogP contribution in [0.3, 0.4) is 0 Å². The first-order valence-corrected chi connectivity index (χ1v) is 12.4. The van der Waals surface area contributed by atoms with Crippen LogP contribution in [-0.4, -0.2) is 59.5 Å². The third-order valence-electron chi connectivity index (χ3n) is 6.83. The first kappa shape index (κ1) is 28.5. The van der Waals surface area contributed by atoms with Gasteiger partial charge in [-0.1, -0.05) is 12.1 Å². The quantitative estimate of drug-likeness (QED) is 0.447. The van der Waals surface area contributed by atoms with Gasteiger partial charge in [0.05, 0.1) is 23.3 Å². The van der Waals surface area contributed by atoms with Gasteiger partial charge in [0, 0.05) is 12.3 Å². The van der Waals surface area contributed by atoms with E-state index in [2.05, 4.69) is 11.2 Å². The number of ether oxygens (including phenoxy) is 1. The molecule has 198 valence electrons. The van der Waals surface area contributed by atoms with Crippen LogP contribution < -0.4 is 10.8 Å². The number of terminal acetylenes is 1. The van der Waals surface area contributed by atoms with Crippen molar-refractivity contribution in [1.82, 2.24) is 10.2 Å². The smallest absolute Gasteiger partial charge is 0.444 e. The number of carbonyl (C=O) groups is 2. The lowest BCUT2D eigenvalue weighted by Crippen LogP contribution is -2.47. The number of rotatable bonds is 7. The SMILES string of the molecule is C#CC1CC1N(CC(=O)N[C@H](C#N)Cc1ccc(B2OC(C)(C)C(C)(C)O2)cc1F)C(=O)OC(C)(C)C. The monoisotopic (exact) mass is 511 g/mol. The molecule has 1 aromatic carbocycles. The number of carbonyl (C=O) groups excluding carboxylic acids is 2. The average molecular weight is 511 g/mol. The number of hydrogen-bond acceptors (Lipinski definition) is 6. The zero-order valence-electron chi connectivity index (χ0n) is 22.6. The molecule has 10 heteroatoms. The van der Waals surface area contributed by atoms with Gasteiger partial charge < -0.3 is 19.4 Å². The van der Waals surface area contributed by atoms with E-state index in [1.165, 1.54) is 11.0 Å². The van der Waals surface area contributed by atoms with Crippen LogP contribution in [0, 0.1) is 35.4 Å². The van der Waals surface area contributed by atoms with E-state index < -0.39 is 47.8 Å². The number of nitriles is 1. The van der Waals surface area contributed by atoms with Crippen molar-refractivity contribution in [3.63, 3.8) is 0 Å². The summed E-state index contributed by atoms with van der Waals surface area (Å²) in [6.45, 7) is 12.5. The van der Waals surface area contributed by atoms with Gasteiger partial charge in [-0.15, -0.1) is 12.3 Å². The van der Waals surface area contributed by atoms with E-state index in [0.717, 1.165) is 0 Å². The number of amides is 2. The summed E-state index contributed by atoms with van der Waals surface area (Å²) in [5.41, 5.74) is -1.08. The van der Waals surface area contributed by atoms with Gasteiger partial charge in [0.2, 0.25) is 5.91 Å². The Morgan fingerprint density at radius 2 is 1.92 bits per heavy atom. The Morgan fingerprint density at radius 1 is 1.30 bits per heavy atom. The van der Waals surface area contributed by atoms with Gasteiger partial charge in [0.15, 0.2) is 0 Å². The number of nitrogens with zero attached hydrogens (tertiary/aromatic N) is 2. The largest absolute Gasteiger partial charge is 0.494 e. The lowest BCUT2D eigenvalue weighted by molar-refractivity contribution is -0.122. The Morgan fingerprint density at radius 3 is 2.41 bits per heavy atom. The second-order valence-corrected chi connectivity index (χ2v) is 11.6. The minimum Gasteiger partial charge on any atom is -0.444 e. The van der Waals surface area contributed by atoms with Crippen LogP contribution in [0.15, 0.2) is 18.2 Å². The van der Waals surface area contributed by atoms with Gasteiger partial charge in [0.25, 0.3) is 0 Å². The zero-order chi connectivity index (χ0) is 27.8. The number of benzene rings is 1. The molecule has 0 spiro atoms. The average Bonchev–Trinajstić information content (AvgIpc) is 3.51. The van der Waals surface area contributed by atoms with Gasteiger partial charge >= 0.3 is 13.2 Å². The summed E-state index contributed by atoms with van der Waals surface area (Å²) < 4.78 is 32.3. The van der Waals surface area contributed by atoms with Crippen molar-refractivity contribution >= 4 is 24.6 Å². The maximum Gasteiger partial charge on any atom is 0.494 e. The highest BCUT2D eigenvalue weighted by Crippen LogP contribution is 2.37. The predicted octanol–water partition coefficient (Wildman–Crippen LogP) is 2.93. The maximum absolute atomic E-state index is 15.0. The fourth-order valence-electron chi connectivity index (χ4n) is 3.94. The molecule has 0 radical (unpaired) electrons. The van der Waals surface area contributed by atoms with Crippen molar-refractivity contribution in [1.29, 1.82) is 5.26 Å². The van der Waals surface area contributed by atoms with Crippen molar-refractivity contribution < 1.29 is 28.0 Å². The lowest BCUT2D eigenvalue weighted by Gasteiger charge is -2.32. The van der Waals surface area contributed by atoms with Crippen LogP contribution in [-0.2, 0) is 25.3 Å². The molecule has 1 aliphatic carbocycles. The Kier molecular flexibility index (Phi) is 7.98. The molecule has 0 aromatic heterocycles. The molecule has 2 fully saturated rings. The summed E-state index contributed by atoms with van der Waals surface area (Å²) >= 11 is 0. The van der Waals surface area contributed by atoms with Crippen molar-refractivity contribution in [2.75, 3.05) is 6.54 Å². The lowest BCUT2D eigenvalue weighted by atomic mass is 9.78. The van der Waals surface area contributed by atoms with Crippen molar-refractivity contribution in [3.05, 3.63) is 29.6 Å². The molecule has 1 heterocycles. The van der Waals surface area contributed by atoms with Gasteiger partial charge in [-0.05, 0) is 72.0 Å². The molecule has 1 saturated heterocycles. The minimum atomic E-state index is -1.01. The summed E-state index contributed by atoms with van der Waals surface area (Å²) in [7, 11) is -0.715. The first-order chi connectivity index (χ1) is 17.1. The molecule has 2 unspecified atom stereocenters. The molecule has 8 nitrogen and oxygen atoms in total. The summed E-state index contributed by atoms with van der Waals surface area (Å²) in [6, 6.07) is 5.25. The number of halogens is 1. The molecule has 1 saturated carbocycles. The van der Waals surface area contributed by atoms with Crippen LogP contribution in [0.1, 0.15) is 60.5 Å². The second-order valence-electron chi connectivity index (χ2n) is 11.6. The molecule has 0 bridgehead atoms. The molecular weight excluding hydrogens is 476 g/mol.